The lowest BCUT2D eigenvalue weighted by Crippen LogP contribution is -2.21. The van der Waals surface area contributed by atoms with Crippen LogP contribution in [0.2, 0.25) is 0 Å². The fourth-order valence-electron chi connectivity index (χ4n) is 3.32. The topological polar surface area (TPSA) is 64.0 Å². The van der Waals surface area contributed by atoms with Crippen molar-refractivity contribution in [1.29, 1.82) is 0 Å². The van der Waals surface area contributed by atoms with Crippen molar-refractivity contribution in [1.82, 2.24) is 9.55 Å². The number of nitrogens with one attached hydrogen (secondary N) is 1. The van der Waals surface area contributed by atoms with Gasteiger partial charge >= 0.3 is 0 Å². The molecule has 1 aliphatic carbocycles. The molecule has 0 atom stereocenters. The summed E-state index contributed by atoms with van der Waals surface area (Å²) in [7, 11) is 1.73. The number of nitrogens with zero attached hydrogens (tertiary/aromatic N) is 2. The number of hydrogen-bond acceptors (Lipinski definition) is 5. The molecule has 0 radical (unpaired) electrons. The fraction of sp³-hybridized carbons (Fsp3) is 0.316. The van der Waals surface area contributed by atoms with Gasteiger partial charge in [0.15, 0.2) is 5.16 Å². The highest BCUT2D eigenvalue weighted by Gasteiger charge is 2.22. The minimum absolute atomic E-state index is 0.00828. The Balaban J connectivity index is 1.53. The van der Waals surface area contributed by atoms with E-state index in [1.807, 2.05) is 25.1 Å². The smallest absolute Gasteiger partial charge is 0.262 e. The predicted molar refractivity (Wildman–Crippen MR) is 115 cm³/mol. The maximum atomic E-state index is 12.8. The van der Waals surface area contributed by atoms with E-state index in [1.54, 1.807) is 23.0 Å². The highest BCUT2D eigenvalue weighted by atomic mass is 79.9. The van der Waals surface area contributed by atoms with Gasteiger partial charge in [-0.1, -0.05) is 27.7 Å². The third-order valence-corrected chi connectivity index (χ3v) is 7.41. The van der Waals surface area contributed by atoms with Gasteiger partial charge in [-0.25, -0.2) is 4.98 Å². The number of carbonyl (C=O) groups is 1. The summed E-state index contributed by atoms with van der Waals surface area (Å²) in [5.74, 6) is 0.0836. The van der Waals surface area contributed by atoms with E-state index in [0.717, 1.165) is 45.2 Å². The van der Waals surface area contributed by atoms with Crippen LogP contribution < -0.4 is 10.9 Å². The molecule has 0 bridgehead atoms. The zero-order valence-corrected chi connectivity index (χ0v) is 18.2. The van der Waals surface area contributed by atoms with Gasteiger partial charge < -0.3 is 5.32 Å². The van der Waals surface area contributed by atoms with Gasteiger partial charge in [-0.3, -0.25) is 14.2 Å². The number of fused-ring (bicyclic) bond motifs is 3. The molecule has 1 aliphatic rings. The lowest BCUT2D eigenvalue weighted by molar-refractivity contribution is -0.113. The highest BCUT2D eigenvalue weighted by Crippen LogP contribution is 2.35. The van der Waals surface area contributed by atoms with Crippen molar-refractivity contribution in [2.75, 3.05) is 11.1 Å². The first-order valence-electron chi connectivity index (χ1n) is 8.64. The van der Waals surface area contributed by atoms with E-state index in [1.165, 1.54) is 22.2 Å². The summed E-state index contributed by atoms with van der Waals surface area (Å²) in [5, 5.41) is 4.27. The molecule has 140 valence electrons. The van der Waals surface area contributed by atoms with E-state index in [0.29, 0.717) is 5.16 Å². The number of anilines is 1. The van der Waals surface area contributed by atoms with Gasteiger partial charge in [-0.2, -0.15) is 0 Å². The fourth-order valence-corrected chi connectivity index (χ4v) is 5.87. The molecule has 1 amide bonds. The molecule has 2 heterocycles. The Bertz CT molecular complexity index is 1120. The maximum absolute atomic E-state index is 12.8. The SMILES string of the molecule is Cc1cc(Br)ccc1NC(=O)CSc1nc2sc3c(c2c(=O)n1C)CCC3. The standard InChI is InChI=1S/C19H18BrN3O2S2/c1-10-8-11(20)6-7-13(10)21-15(24)9-26-19-22-17-16(18(25)23(19)2)12-4-3-5-14(12)27-17/h6-8H,3-5,9H2,1-2H3,(H,21,24). The van der Waals surface area contributed by atoms with Crippen molar-refractivity contribution in [3.8, 4) is 0 Å². The molecule has 0 fully saturated rings. The molecule has 0 spiro atoms. The van der Waals surface area contributed by atoms with Gasteiger partial charge in [-0.15, -0.1) is 11.3 Å². The monoisotopic (exact) mass is 463 g/mol. The van der Waals surface area contributed by atoms with Crippen LogP contribution in [-0.4, -0.2) is 21.2 Å². The van der Waals surface area contributed by atoms with E-state index >= 15 is 0 Å². The lowest BCUT2D eigenvalue weighted by Gasteiger charge is -2.10. The van der Waals surface area contributed by atoms with Gasteiger partial charge in [0.1, 0.15) is 4.83 Å². The predicted octanol–water partition coefficient (Wildman–Crippen LogP) is 4.29. The zero-order valence-electron chi connectivity index (χ0n) is 15.0. The molecule has 8 heteroatoms. The quantitative estimate of drug-likeness (QED) is 0.463. The Hall–Kier alpha value is -1.64. The number of thiophene rings is 1. The van der Waals surface area contributed by atoms with Crippen LogP contribution in [0, 0.1) is 6.92 Å². The number of carbonyl (C=O) groups excluding carboxylic acids is 1. The maximum Gasteiger partial charge on any atom is 0.262 e. The van der Waals surface area contributed by atoms with Crippen LogP contribution in [0.1, 0.15) is 22.4 Å². The van der Waals surface area contributed by atoms with Crippen LogP contribution in [0.15, 0.2) is 32.6 Å². The molecule has 0 saturated carbocycles. The second-order valence-corrected chi connectivity index (χ2v) is 9.53. The van der Waals surface area contributed by atoms with Gasteiger partial charge in [0, 0.05) is 22.1 Å². The highest BCUT2D eigenvalue weighted by molar-refractivity contribution is 9.10. The Morgan fingerprint density at radius 1 is 1.41 bits per heavy atom. The molecule has 1 N–H and O–H groups in total. The van der Waals surface area contributed by atoms with Crippen molar-refractivity contribution in [2.45, 2.75) is 31.3 Å². The molecule has 0 aliphatic heterocycles. The molecular weight excluding hydrogens is 446 g/mol. The molecular formula is C19H18BrN3O2S2. The number of benzene rings is 1. The van der Waals surface area contributed by atoms with Gasteiger partial charge in [0.2, 0.25) is 5.91 Å². The minimum atomic E-state index is -0.117. The van der Waals surface area contributed by atoms with Crippen LogP contribution in [0.4, 0.5) is 5.69 Å². The molecule has 1 aromatic carbocycles. The summed E-state index contributed by atoms with van der Waals surface area (Å²) in [6, 6.07) is 5.72. The molecule has 2 aromatic heterocycles. The normalized spacial score (nSPS) is 13.1. The number of thioether (sulfide) groups is 1. The number of aryl methyl sites for hydroxylation is 3. The second-order valence-electron chi connectivity index (χ2n) is 6.59. The third kappa shape index (κ3) is 3.58. The van der Waals surface area contributed by atoms with Crippen LogP contribution in [-0.2, 0) is 24.7 Å². The number of hydrogen-bond donors (Lipinski definition) is 1. The van der Waals surface area contributed by atoms with Crippen LogP contribution in [0.5, 0.6) is 0 Å². The number of aromatic nitrogens is 2. The Labute approximate surface area is 173 Å². The van der Waals surface area contributed by atoms with Crippen molar-refractivity contribution in [2.24, 2.45) is 7.05 Å². The first-order chi connectivity index (χ1) is 12.9. The summed E-state index contributed by atoms with van der Waals surface area (Å²) < 4.78 is 2.54. The average Bonchev–Trinajstić information content (AvgIpc) is 3.20. The molecule has 3 aromatic rings. The first-order valence-corrected chi connectivity index (χ1v) is 11.2. The largest absolute Gasteiger partial charge is 0.325 e. The van der Waals surface area contributed by atoms with Crippen molar-refractivity contribution in [3.05, 3.63) is 49.0 Å². The number of rotatable bonds is 4. The summed E-state index contributed by atoms with van der Waals surface area (Å²) in [4.78, 5) is 31.9. The first kappa shape index (κ1) is 18.7. The van der Waals surface area contributed by atoms with E-state index in [9.17, 15) is 9.59 Å². The van der Waals surface area contributed by atoms with E-state index in [2.05, 4.69) is 26.2 Å². The second kappa shape index (κ2) is 7.41. The summed E-state index contributed by atoms with van der Waals surface area (Å²) in [5.41, 5.74) is 2.95. The van der Waals surface area contributed by atoms with Crippen molar-refractivity contribution < 1.29 is 4.79 Å². The molecule has 0 unspecified atom stereocenters. The lowest BCUT2D eigenvalue weighted by atomic mass is 10.2. The van der Waals surface area contributed by atoms with E-state index in [-0.39, 0.29) is 17.2 Å². The van der Waals surface area contributed by atoms with Crippen molar-refractivity contribution in [3.63, 3.8) is 0 Å². The van der Waals surface area contributed by atoms with E-state index < -0.39 is 0 Å². The van der Waals surface area contributed by atoms with Gasteiger partial charge in [0.05, 0.1) is 11.1 Å². The zero-order chi connectivity index (χ0) is 19.1. The van der Waals surface area contributed by atoms with Crippen LogP contribution in [0.3, 0.4) is 0 Å². The van der Waals surface area contributed by atoms with Crippen molar-refractivity contribution >= 4 is 60.8 Å². The van der Waals surface area contributed by atoms with E-state index in [4.69, 9.17) is 0 Å². The van der Waals surface area contributed by atoms with Gasteiger partial charge in [0.25, 0.3) is 5.56 Å². The van der Waals surface area contributed by atoms with Crippen LogP contribution >= 0.6 is 39.0 Å². The molecule has 4 rings (SSSR count). The van der Waals surface area contributed by atoms with Gasteiger partial charge in [-0.05, 0) is 55.5 Å². The minimum Gasteiger partial charge on any atom is -0.325 e. The summed E-state index contributed by atoms with van der Waals surface area (Å²) in [6.07, 6.45) is 3.12. The average molecular weight is 464 g/mol. The molecule has 27 heavy (non-hydrogen) atoms. The Morgan fingerprint density at radius 3 is 3.00 bits per heavy atom. The third-order valence-electron chi connectivity index (χ3n) is 4.70. The Kier molecular flexibility index (Phi) is 5.13. The molecule has 0 saturated heterocycles. The summed E-state index contributed by atoms with van der Waals surface area (Å²) >= 11 is 6.33. The van der Waals surface area contributed by atoms with Crippen LogP contribution in [0.25, 0.3) is 10.2 Å². The summed E-state index contributed by atoms with van der Waals surface area (Å²) in [6.45, 7) is 1.95. The number of amides is 1. The number of halogens is 1. The molecule has 5 nitrogen and oxygen atoms in total. The Morgan fingerprint density at radius 2 is 2.22 bits per heavy atom.